The fourth-order valence-corrected chi connectivity index (χ4v) is 0.225. The Balaban J connectivity index is 2.93. The summed E-state index contributed by atoms with van der Waals surface area (Å²) < 4.78 is 4.56. The number of hydrogen-bond donors (Lipinski definition) is 2. The maximum atomic E-state index is 8.33. The first-order valence-corrected chi connectivity index (χ1v) is 2.33. The van der Waals surface area contributed by atoms with E-state index in [-0.39, 0.29) is 0 Å². The van der Waals surface area contributed by atoms with Crippen LogP contribution in [0, 0.1) is 0 Å². The Morgan fingerprint density at radius 1 is 1.75 bits per heavy atom. The Morgan fingerprint density at radius 3 is 2.38 bits per heavy atom. The van der Waals surface area contributed by atoms with Crippen LogP contribution in [0.3, 0.4) is 0 Å². The molecule has 0 aromatic rings. The molecule has 4 nitrogen and oxygen atoms in total. The normalized spacial score (nSPS) is 14.6. The number of nitrogens with zero attached hydrogens (tertiary/aromatic N) is 1. The second-order valence-corrected chi connectivity index (χ2v) is 1.77. The number of hydrogen-bond acceptors (Lipinski definition) is 4. The molecule has 0 saturated carbocycles. The van der Waals surface area contributed by atoms with Crippen LogP contribution in [0.15, 0.2) is 0 Å². The van der Waals surface area contributed by atoms with Crippen LogP contribution >= 0.6 is 0 Å². The number of rotatable bonds is 3. The van der Waals surface area contributed by atoms with Gasteiger partial charge in [-0.1, -0.05) is 0 Å². The van der Waals surface area contributed by atoms with E-state index in [9.17, 15) is 0 Å². The van der Waals surface area contributed by atoms with Gasteiger partial charge >= 0.3 is 0 Å². The largest absolute Gasteiger partial charge is 0.356 e. The van der Waals surface area contributed by atoms with Crippen molar-refractivity contribution in [3.63, 3.8) is 0 Å². The van der Waals surface area contributed by atoms with E-state index in [0.29, 0.717) is 6.73 Å². The molecule has 3 N–H and O–H groups in total. The summed E-state index contributed by atoms with van der Waals surface area (Å²) in [6, 6.07) is 0. The van der Waals surface area contributed by atoms with Crippen LogP contribution in [0.25, 0.3) is 0 Å². The predicted molar refractivity (Wildman–Crippen MR) is 29.8 cm³/mol. The van der Waals surface area contributed by atoms with E-state index < -0.39 is 6.41 Å². The molecule has 50 valence electrons. The van der Waals surface area contributed by atoms with Gasteiger partial charge in [0, 0.05) is 0 Å². The van der Waals surface area contributed by atoms with Crippen LogP contribution in [0.2, 0.25) is 0 Å². The third-order valence-electron chi connectivity index (χ3n) is 0.503. The summed E-state index contributed by atoms with van der Waals surface area (Å²) in [4.78, 5) is 1.76. The van der Waals surface area contributed by atoms with Gasteiger partial charge in [-0.3, -0.25) is 10.6 Å². The summed E-state index contributed by atoms with van der Waals surface area (Å²) >= 11 is 0. The second-order valence-electron chi connectivity index (χ2n) is 1.77. The fraction of sp³-hybridized carbons (Fsp3) is 1.00. The Bertz CT molecular complexity index is 48.0. The molecule has 0 aliphatic heterocycles. The summed E-state index contributed by atoms with van der Waals surface area (Å²) in [5.41, 5.74) is 4.85. The molecular weight excluding hydrogens is 108 g/mol. The minimum absolute atomic E-state index is 0.345. The number of ether oxygens (including phenoxy) is 1. The Kier molecular flexibility index (Phi) is 3.72. The first kappa shape index (κ1) is 7.84. The van der Waals surface area contributed by atoms with Gasteiger partial charge < -0.3 is 9.84 Å². The second kappa shape index (κ2) is 3.80. The van der Waals surface area contributed by atoms with E-state index in [4.69, 9.17) is 10.8 Å². The molecule has 0 saturated heterocycles. The maximum absolute atomic E-state index is 8.33. The quantitative estimate of drug-likeness (QED) is 0.457. The first-order chi connectivity index (χ1) is 3.63. The summed E-state index contributed by atoms with van der Waals surface area (Å²) in [6.45, 7) is 0.345. The van der Waals surface area contributed by atoms with Gasteiger partial charge in [-0.2, -0.15) is 0 Å². The van der Waals surface area contributed by atoms with E-state index in [2.05, 4.69) is 4.74 Å². The summed E-state index contributed by atoms with van der Waals surface area (Å²) in [5, 5.41) is 8.33. The summed E-state index contributed by atoms with van der Waals surface area (Å²) in [7, 11) is 3.64. The molecule has 4 heteroatoms. The van der Waals surface area contributed by atoms with Gasteiger partial charge in [-0.25, -0.2) is 0 Å². The zero-order valence-electron chi connectivity index (χ0n) is 5.16. The molecule has 0 bridgehead atoms. The van der Waals surface area contributed by atoms with Crippen molar-refractivity contribution in [2.45, 2.75) is 6.41 Å². The molecule has 1 atom stereocenters. The van der Waals surface area contributed by atoms with Crippen molar-refractivity contribution in [2.75, 3.05) is 20.8 Å². The smallest absolute Gasteiger partial charge is 0.212 e. The van der Waals surface area contributed by atoms with Crippen molar-refractivity contribution in [3.05, 3.63) is 0 Å². The van der Waals surface area contributed by atoms with Crippen molar-refractivity contribution < 1.29 is 9.84 Å². The SMILES string of the molecule is CN(C)COC(N)O. The van der Waals surface area contributed by atoms with Crippen LogP contribution in [-0.2, 0) is 4.74 Å². The van der Waals surface area contributed by atoms with Gasteiger partial charge in [0.1, 0.15) is 6.73 Å². The summed E-state index contributed by atoms with van der Waals surface area (Å²) in [5.74, 6) is 0. The molecule has 0 aliphatic rings. The standard InChI is InChI=1S/C4H12N2O2/c1-6(2)3-8-4(5)7/h4,7H,3,5H2,1-2H3. The Labute approximate surface area is 48.8 Å². The van der Waals surface area contributed by atoms with E-state index in [1.165, 1.54) is 0 Å². The van der Waals surface area contributed by atoms with Gasteiger partial charge in [0.2, 0.25) is 6.41 Å². The lowest BCUT2D eigenvalue weighted by molar-refractivity contribution is -0.121. The van der Waals surface area contributed by atoms with Crippen molar-refractivity contribution in [3.8, 4) is 0 Å². The average Bonchev–Trinajstić information content (AvgIpc) is 1.61. The number of aliphatic hydroxyl groups is 1. The highest BCUT2D eigenvalue weighted by Gasteiger charge is 1.93. The van der Waals surface area contributed by atoms with Gasteiger partial charge in [0.05, 0.1) is 0 Å². The van der Waals surface area contributed by atoms with Crippen LogP contribution in [-0.4, -0.2) is 37.2 Å². The lowest BCUT2D eigenvalue weighted by atomic mass is 10.9. The number of aliphatic hydroxyl groups excluding tert-OH is 1. The van der Waals surface area contributed by atoms with Crippen LogP contribution in [0.4, 0.5) is 0 Å². The molecule has 0 amide bonds. The zero-order valence-corrected chi connectivity index (χ0v) is 5.16. The molecule has 0 aliphatic carbocycles. The number of nitrogens with two attached hydrogens (primary N) is 1. The van der Waals surface area contributed by atoms with E-state index in [1.807, 2.05) is 14.1 Å². The molecule has 1 unspecified atom stereocenters. The van der Waals surface area contributed by atoms with Crippen LogP contribution < -0.4 is 5.73 Å². The van der Waals surface area contributed by atoms with Gasteiger partial charge in [0.25, 0.3) is 0 Å². The Morgan fingerprint density at radius 2 is 2.25 bits per heavy atom. The van der Waals surface area contributed by atoms with E-state index in [0.717, 1.165) is 0 Å². The fourth-order valence-electron chi connectivity index (χ4n) is 0.225. The van der Waals surface area contributed by atoms with Crippen molar-refractivity contribution in [1.82, 2.24) is 4.90 Å². The molecule has 8 heavy (non-hydrogen) atoms. The van der Waals surface area contributed by atoms with Crippen molar-refractivity contribution in [1.29, 1.82) is 0 Å². The molecule has 0 heterocycles. The lowest BCUT2D eigenvalue weighted by Crippen LogP contribution is -2.28. The van der Waals surface area contributed by atoms with Gasteiger partial charge in [0.15, 0.2) is 0 Å². The van der Waals surface area contributed by atoms with E-state index >= 15 is 0 Å². The topological polar surface area (TPSA) is 58.7 Å². The van der Waals surface area contributed by atoms with Crippen molar-refractivity contribution in [2.24, 2.45) is 5.73 Å². The molecular formula is C4H12N2O2. The molecule has 0 aromatic heterocycles. The molecule has 0 rings (SSSR count). The zero-order chi connectivity index (χ0) is 6.57. The highest BCUT2D eigenvalue weighted by Crippen LogP contribution is 1.77. The maximum Gasteiger partial charge on any atom is 0.212 e. The van der Waals surface area contributed by atoms with Crippen molar-refractivity contribution >= 4 is 0 Å². The lowest BCUT2D eigenvalue weighted by Gasteiger charge is -2.11. The predicted octanol–water partition coefficient (Wildman–Crippen LogP) is -1.24. The van der Waals surface area contributed by atoms with Gasteiger partial charge in [-0.05, 0) is 14.1 Å². The van der Waals surface area contributed by atoms with Gasteiger partial charge in [-0.15, -0.1) is 0 Å². The molecule has 0 spiro atoms. The molecule has 0 aromatic carbocycles. The van der Waals surface area contributed by atoms with Crippen LogP contribution in [0.1, 0.15) is 0 Å². The van der Waals surface area contributed by atoms with E-state index in [1.54, 1.807) is 4.90 Å². The summed E-state index contributed by atoms with van der Waals surface area (Å²) in [6.07, 6.45) is -1.16. The minimum Gasteiger partial charge on any atom is -0.356 e. The first-order valence-electron chi connectivity index (χ1n) is 2.33. The average molecular weight is 120 g/mol. The van der Waals surface area contributed by atoms with Crippen LogP contribution in [0.5, 0.6) is 0 Å². The molecule has 0 fully saturated rings. The highest BCUT2D eigenvalue weighted by molar-refractivity contribution is 4.25. The Hall–Kier alpha value is -0.160. The highest BCUT2D eigenvalue weighted by atomic mass is 16.6. The third kappa shape index (κ3) is 5.84. The third-order valence-corrected chi connectivity index (χ3v) is 0.503. The molecule has 0 radical (unpaired) electrons. The monoisotopic (exact) mass is 120 g/mol. The minimum atomic E-state index is -1.16.